The Hall–Kier alpha value is -0.180. The molecule has 0 aromatic rings. The zero-order valence-electron chi connectivity index (χ0n) is 7.74. The molecule has 1 fully saturated rings. The van der Waals surface area contributed by atoms with Crippen molar-refractivity contribution in [3.05, 3.63) is 0 Å². The van der Waals surface area contributed by atoms with Crippen LogP contribution in [0, 0.1) is 0 Å². The quantitative estimate of drug-likeness (QED) is 0.683. The zero-order valence-corrected chi connectivity index (χ0v) is 7.74. The first-order valence-electron chi connectivity index (χ1n) is 4.66. The lowest BCUT2D eigenvalue weighted by Crippen LogP contribution is -2.49. The second-order valence-corrected chi connectivity index (χ2v) is 3.88. The molecule has 0 unspecified atom stereocenters. The summed E-state index contributed by atoms with van der Waals surface area (Å²) in [6.07, 6.45) is 2.27. The number of rotatable bonds is 2. The second kappa shape index (κ2) is 3.69. The molecule has 1 aliphatic carbocycles. The van der Waals surface area contributed by atoms with E-state index in [9.17, 15) is 8.78 Å². The van der Waals surface area contributed by atoms with Gasteiger partial charge in [0, 0.05) is 12.5 Å². The van der Waals surface area contributed by atoms with E-state index in [1.807, 2.05) is 13.8 Å². The Bertz CT molecular complexity index is 145. The highest BCUT2D eigenvalue weighted by Crippen LogP contribution is 2.33. The van der Waals surface area contributed by atoms with Crippen molar-refractivity contribution in [1.29, 1.82) is 0 Å². The van der Waals surface area contributed by atoms with Crippen LogP contribution in [-0.4, -0.2) is 18.0 Å². The maximum absolute atomic E-state index is 13.2. The summed E-state index contributed by atoms with van der Waals surface area (Å²) in [5.41, 5.74) is 0. The molecule has 72 valence electrons. The van der Waals surface area contributed by atoms with E-state index < -0.39 is 12.0 Å². The van der Waals surface area contributed by atoms with Crippen molar-refractivity contribution in [3.8, 4) is 0 Å². The number of hydrogen-bond donors (Lipinski definition) is 1. The van der Waals surface area contributed by atoms with E-state index in [2.05, 4.69) is 5.32 Å². The summed E-state index contributed by atoms with van der Waals surface area (Å²) in [5, 5.41) is 2.92. The van der Waals surface area contributed by atoms with Crippen LogP contribution in [0.15, 0.2) is 0 Å². The van der Waals surface area contributed by atoms with Crippen molar-refractivity contribution in [2.75, 3.05) is 0 Å². The molecule has 0 aromatic carbocycles. The van der Waals surface area contributed by atoms with Crippen LogP contribution in [0.2, 0.25) is 0 Å². The normalized spacial score (nSPS) is 29.2. The molecule has 0 aliphatic heterocycles. The van der Waals surface area contributed by atoms with Gasteiger partial charge >= 0.3 is 0 Å². The van der Waals surface area contributed by atoms with Crippen LogP contribution in [0.3, 0.4) is 0 Å². The molecule has 0 bridgehead atoms. The molecule has 1 nitrogen and oxygen atoms in total. The maximum Gasteiger partial charge on any atom is 0.263 e. The Labute approximate surface area is 72.5 Å². The van der Waals surface area contributed by atoms with E-state index in [0.717, 1.165) is 6.42 Å². The lowest BCUT2D eigenvalue weighted by Gasteiger charge is -2.33. The van der Waals surface area contributed by atoms with E-state index in [0.29, 0.717) is 12.8 Å². The van der Waals surface area contributed by atoms with Gasteiger partial charge in [0.2, 0.25) is 0 Å². The standard InChI is InChI=1S/C9H17F2N/c1-7(2)12-8-5-3-4-6-9(8,10)11/h7-8,12H,3-6H2,1-2H3/t8-/m1/s1. The van der Waals surface area contributed by atoms with Crippen molar-refractivity contribution in [3.63, 3.8) is 0 Å². The van der Waals surface area contributed by atoms with Gasteiger partial charge in [0.05, 0.1) is 6.04 Å². The highest BCUT2D eigenvalue weighted by molar-refractivity contribution is 4.87. The molecule has 0 radical (unpaired) electrons. The van der Waals surface area contributed by atoms with Crippen LogP contribution < -0.4 is 5.32 Å². The molecule has 1 atom stereocenters. The monoisotopic (exact) mass is 177 g/mol. The van der Waals surface area contributed by atoms with Crippen molar-refractivity contribution in [2.45, 2.75) is 57.5 Å². The van der Waals surface area contributed by atoms with E-state index in [1.165, 1.54) is 0 Å². The molecule has 3 heteroatoms. The Morgan fingerprint density at radius 2 is 2.00 bits per heavy atom. The third kappa shape index (κ3) is 2.41. The third-order valence-electron chi connectivity index (χ3n) is 2.30. The molecule has 0 saturated heterocycles. The second-order valence-electron chi connectivity index (χ2n) is 3.88. The van der Waals surface area contributed by atoms with Crippen LogP contribution in [0.1, 0.15) is 39.5 Å². The predicted octanol–water partition coefficient (Wildman–Crippen LogP) is 2.56. The smallest absolute Gasteiger partial charge is 0.263 e. The average Bonchev–Trinajstić information content (AvgIpc) is 1.92. The van der Waals surface area contributed by atoms with E-state index in [-0.39, 0.29) is 12.5 Å². The molecule has 0 amide bonds. The van der Waals surface area contributed by atoms with Crippen molar-refractivity contribution < 1.29 is 8.78 Å². The van der Waals surface area contributed by atoms with Gasteiger partial charge in [-0.15, -0.1) is 0 Å². The Morgan fingerprint density at radius 1 is 1.33 bits per heavy atom. The first kappa shape index (κ1) is 9.90. The van der Waals surface area contributed by atoms with Crippen LogP contribution in [-0.2, 0) is 0 Å². The number of alkyl halides is 2. The average molecular weight is 177 g/mol. The highest BCUT2D eigenvalue weighted by atomic mass is 19.3. The van der Waals surface area contributed by atoms with Gasteiger partial charge in [-0.2, -0.15) is 0 Å². The molecular formula is C9H17F2N. The van der Waals surface area contributed by atoms with E-state index in [4.69, 9.17) is 0 Å². The maximum atomic E-state index is 13.2. The molecule has 12 heavy (non-hydrogen) atoms. The van der Waals surface area contributed by atoms with Crippen LogP contribution in [0.25, 0.3) is 0 Å². The minimum atomic E-state index is -2.48. The van der Waals surface area contributed by atoms with Crippen LogP contribution in [0.4, 0.5) is 8.78 Å². The number of halogens is 2. The first-order chi connectivity index (χ1) is 5.52. The molecule has 1 saturated carbocycles. The predicted molar refractivity (Wildman–Crippen MR) is 45.5 cm³/mol. The topological polar surface area (TPSA) is 12.0 Å². The van der Waals surface area contributed by atoms with Gasteiger partial charge in [-0.1, -0.05) is 20.3 Å². The fourth-order valence-corrected chi connectivity index (χ4v) is 1.70. The fourth-order valence-electron chi connectivity index (χ4n) is 1.70. The Kier molecular flexibility index (Phi) is 3.04. The van der Waals surface area contributed by atoms with E-state index in [1.54, 1.807) is 0 Å². The summed E-state index contributed by atoms with van der Waals surface area (Å²) in [6.45, 7) is 3.81. The van der Waals surface area contributed by atoms with Gasteiger partial charge < -0.3 is 5.32 Å². The van der Waals surface area contributed by atoms with Gasteiger partial charge in [0.25, 0.3) is 5.92 Å². The summed E-state index contributed by atoms with van der Waals surface area (Å²) in [4.78, 5) is 0. The lowest BCUT2D eigenvalue weighted by atomic mass is 9.91. The van der Waals surface area contributed by atoms with E-state index >= 15 is 0 Å². The molecule has 1 N–H and O–H groups in total. The summed E-state index contributed by atoms with van der Waals surface area (Å²) >= 11 is 0. The number of hydrogen-bond acceptors (Lipinski definition) is 1. The molecule has 0 heterocycles. The summed E-state index contributed by atoms with van der Waals surface area (Å²) in [6, 6.07) is -0.440. The molecule has 0 spiro atoms. The van der Waals surface area contributed by atoms with Gasteiger partial charge in [-0.3, -0.25) is 0 Å². The summed E-state index contributed by atoms with van der Waals surface area (Å²) in [5.74, 6) is -2.48. The third-order valence-corrected chi connectivity index (χ3v) is 2.30. The minimum absolute atomic E-state index is 0.0530. The van der Waals surface area contributed by atoms with Crippen molar-refractivity contribution >= 4 is 0 Å². The van der Waals surface area contributed by atoms with Gasteiger partial charge in [-0.05, 0) is 12.8 Å². The summed E-state index contributed by atoms with van der Waals surface area (Å²) < 4.78 is 26.3. The fraction of sp³-hybridized carbons (Fsp3) is 1.00. The van der Waals surface area contributed by atoms with Gasteiger partial charge in [0.1, 0.15) is 0 Å². The van der Waals surface area contributed by atoms with Crippen LogP contribution in [0.5, 0.6) is 0 Å². The SMILES string of the molecule is CC(C)N[C@@H]1CCCCC1(F)F. The number of nitrogens with one attached hydrogen (secondary N) is 1. The molecule has 1 aliphatic rings. The Balaban J connectivity index is 2.48. The molecule has 1 rings (SSSR count). The summed E-state index contributed by atoms with van der Waals surface area (Å²) in [7, 11) is 0. The van der Waals surface area contributed by atoms with Gasteiger partial charge in [-0.25, -0.2) is 8.78 Å². The van der Waals surface area contributed by atoms with Gasteiger partial charge in [0.15, 0.2) is 0 Å². The van der Waals surface area contributed by atoms with Crippen molar-refractivity contribution in [1.82, 2.24) is 5.32 Å². The molecular weight excluding hydrogens is 160 g/mol. The lowest BCUT2D eigenvalue weighted by molar-refractivity contribution is -0.0657. The highest BCUT2D eigenvalue weighted by Gasteiger charge is 2.41. The largest absolute Gasteiger partial charge is 0.306 e. The van der Waals surface area contributed by atoms with Crippen LogP contribution >= 0.6 is 0 Å². The first-order valence-corrected chi connectivity index (χ1v) is 4.66. The van der Waals surface area contributed by atoms with Crippen molar-refractivity contribution in [2.24, 2.45) is 0 Å². The minimum Gasteiger partial charge on any atom is -0.306 e. The molecule has 0 aromatic heterocycles. The Morgan fingerprint density at radius 3 is 2.50 bits per heavy atom. The zero-order chi connectivity index (χ0) is 9.19.